The van der Waals surface area contributed by atoms with Gasteiger partial charge in [-0.15, -0.1) is 0 Å². The molecule has 1 heterocycles. The van der Waals surface area contributed by atoms with E-state index in [-0.39, 0.29) is 22.2 Å². The lowest BCUT2D eigenvalue weighted by molar-refractivity contribution is -0.384. The maximum atomic E-state index is 12.8. The molecule has 0 saturated carbocycles. The fraction of sp³-hybridized carbons (Fsp3) is 0.333. The zero-order valence-corrected chi connectivity index (χ0v) is 21.0. The van der Waals surface area contributed by atoms with Gasteiger partial charge in [-0.25, -0.2) is 8.42 Å². The molecule has 33 heavy (non-hydrogen) atoms. The number of rotatable bonds is 8. The third-order valence-corrected chi connectivity index (χ3v) is 8.78. The number of non-ortho nitro benzene ring substituents is 1. The highest BCUT2D eigenvalue weighted by Gasteiger charge is 2.23. The number of hydrogen-bond acceptors (Lipinski definition) is 7. The van der Waals surface area contributed by atoms with Gasteiger partial charge in [0.05, 0.1) is 20.0 Å². The second kappa shape index (κ2) is 10.2. The van der Waals surface area contributed by atoms with Crippen molar-refractivity contribution in [1.29, 1.82) is 0 Å². The Morgan fingerprint density at radius 2 is 1.91 bits per heavy atom. The van der Waals surface area contributed by atoms with Crippen molar-refractivity contribution in [1.82, 2.24) is 8.87 Å². The average Bonchev–Trinajstić information content (AvgIpc) is 3.12. The molecular weight excluding hydrogens is 484 g/mol. The molecule has 0 aliphatic carbocycles. The summed E-state index contributed by atoms with van der Waals surface area (Å²) >= 11 is 2.84. The molecule has 0 unspecified atom stereocenters. The minimum Gasteiger partial charge on any atom is -0.315 e. The minimum absolute atomic E-state index is 0.0261. The number of thiazole rings is 1. The van der Waals surface area contributed by atoms with Crippen molar-refractivity contribution >= 4 is 54.9 Å². The van der Waals surface area contributed by atoms with Crippen LogP contribution in [0.4, 0.5) is 5.69 Å². The van der Waals surface area contributed by atoms with Crippen molar-refractivity contribution in [3.05, 3.63) is 62.9 Å². The average molecular weight is 509 g/mol. The summed E-state index contributed by atoms with van der Waals surface area (Å²) in [4.78, 5) is 28.3. The highest BCUT2D eigenvalue weighted by molar-refractivity contribution is 7.98. The van der Waals surface area contributed by atoms with Crippen LogP contribution >= 0.6 is 23.1 Å². The number of sulfonamides is 1. The number of nitrogens with zero attached hydrogens (tertiary/aromatic N) is 4. The van der Waals surface area contributed by atoms with E-state index in [1.165, 1.54) is 59.1 Å². The van der Waals surface area contributed by atoms with E-state index in [0.717, 1.165) is 11.3 Å². The van der Waals surface area contributed by atoms with Crippen LogP contribution in [0.15, 0.2) is 52.4 Å². The van der Waals surface area contributed by atoms with E-state index in [1.807, 2.05) is 10.8 Å². The topological polar surface area (TPSA) is 115 Å². The number of amides is 1. The molecular formula is C21H24N4O5S3. The summed E-state index contributed by atoms with van der Waals surface area (Å²) in [5, 5.41) is 11.1. The van der Waals surface area contributed by atoms with E-state index in [9.17, 15) is 23.3 Å². The van der Waals surface area contributed by atoms with Crippen molar-refractivity contribution in [2.24, 2.45) is 4.99 Å². The van der Waals surface area contributed by atoms with Gasteiger partial charge in [-0.05, 0) is 50.4 Å². The SMILES string of the molecule is CSCCn1c(=NC(=O)c2ccc(S(=O)(=O)N(C)C(C)C)cc2)sc2cc([N+](=O)[O-])ccc21. The Morgan fingerprint density at radius 1 is 1.24 bits per heavy atom. The Labute approximate surface area is 200 Å². The van der Waals surface area contributed by atoms with Gasteiger partial charge in [0.15, 0.2) is 4.80 Å². The monoisotopic (exact) mass is 508 g/mol. The van der Waals surface area contributed by atoms with Gasteiger partial charge in [0.1, 0.15) is 0 Å². The molecule has 12 heteroatoms. The third kappa shape index (κ3) is 5.35. The van der Waals surface area contributed by atoms with Crippen molar-refractivity contribution in [2.75, 3.05) is 19.1 Å². The van der Waals surface area contributed by atoms with Gasteiger partial charge in [-0.2, -0.15) is 21.1 Å². The highest BCUT2D eigenvalue weighted by atomic mass is 32.2. The van der Waals surface area contributed by atoms with Crippen LogP contribution in [0.2, 0.25) is 0 Å². The van der Waals surface area contributed by atoms with Crippen molar-refractivity contribution in [3.8, 4) is 0 Å². The van der Waals surface area contributed by atoms with E-state index in [1.54, 1.807) is 31.7 Å². The highest BCUT2D eigenvalue weighted by Crippen LogP contribution is 2.24. The van der Waals surface area contributed by atoms with Crippen LogP contribution in [0.5, 0.6) is 0 Å². The standard InChI is InChI=1S/C21H24N4O5S3/c1-14(2)23(3)33(29,30)17-8-5-15(6-9-17)20(26)22-21-24(11-12-31-4)18-10-7-16(25(27)28)13-19(18)32-21/h5-10,13-14H,11-12H2,1-4H3. The predicted octanol–water partition coefficient (Wildman–Crippen LogP) is 3.74. The first-order valence-corrected chi connectivity index (χ1v) is 13.6. The predicted molar refractivity (Wildman–Crippen MR) is 131 cm³/mol. The normalized spacial score (nSPS) is 12.7. The van der Waals surface area contributed by atoms with Gasteiger partial charge in [0.25, 0.3) is 11.6 Å². The Balaban J connectivity index is 2.01. The molecule has 0 atom stereocenters. The smallest absolute Gasteiger partial charge is 0.279 e. The largest absolute Gasteiger partial charge is 0.315 e. The Hall–Kier alpha value is -2.54. The number of carbonyl (C=O) groups excluding carboxylic acids is 1. The minimum atomic E-state index is -3.65. The molecule has 0 radical (unpaired) electrons. The molecule has 1 amide bonds. The molecule has 3 aromatic rings. The van der Waals surface area contributed by atoms with E-state index < -0.39 is 20.9 Å². The van der Waals surface area contributed by atoms with Gasteiger partial charge in [0, 0.05) is 43.1 Å². The number of hydrogen-bond donors (Lipinski definition) is 0. The first-order valence-electron chi connectivity index (χ1n) is 10.00. The Bertz CT molecular complexity index is 1360. The molecule has 0 fully saturated rings. The van der Waals surface area contributed by atoms with Crippen LogP contribution in [0.25, 0.3) is 10.2 Å². The molecule has 0 N–H and O–H groups in total. The van der Waals surface area contributed by atoms with Gasteiger partial charge in [0.2, 0.25) is 10.0 Å². The second-order valence-corrected chi connectivity index (χ2v) is 11.5. The van der Waals surface area contributed by atoms with Crippen molar-refractivity contribution in [2.45, 2.75) is 31.3 Å². The molecule has 0 bridgehead atoms. The summed E-state index contributed by atoms with van der Waals surface area (Å²) in [5.41, 5.74) is 0.993. The number of thioether (sulfide) groups is 1. The zero-order valence-electron chi connectivity index (χ0n) is 18.6. The van der Waals surface area contributed by atoms with E-state index >= 15 is 0 Å². The molecule has 0 aliphatic heterocycles. The Morgan fingerprint density at radius 3 is 2.48 bits per heavy atom. The van der Waals surface area contributed by atoms with Gasteiger partial charge in [-0.1, -0.05) is 11.3 Å². The number of nitro groups is 1. The van der Waals surface area contributed by atoms with Gasteiger partial charge < -0.3 is 4.57 Å². The van der Waals surface area contributed by atoms with Gasteiger partial charge in [-0.3, -0.25) is 14.9 Å². The van der Waals surface area contributed by atoms with Crippen LogP contribution < -0.4 is 4.80 Å². The van der Waals surface area contributed by atoms with Crippen LogP contribution in [-0.4, -0.2) is 53.2 Å². The summed E-state index contributed by atoms with van der Waals surface area (Å²) in [6, 6.07) is 10.0. The number of nitro benzene ring substituents is 1. The van der Waals surface area contributed by atoms with Gasteiger partial charge >= 0.3 is 0 Å². The van der Waals surface area contributed by atoms with Crippen molar-refractivity contribution < 1.29 is 18.1 Å². The van der Waals surface area contributed by atoms with Crippen LogP contribution in [0.3, 0.4) is 0 Å². The first-order chi connectivity index (χ1) is 15.6. The molecule has 1 aromatic heterocycles. The van der Waals surface area contributed by atoms with Crippen LogP contribution in [0, 0.1) is 10.1 Å². The lowest BCUT2D eigenvalue weighted by Gasteiger charge is -2.20. The molecule has 176 valence electrons. The summed E-state index contributed by atoms with van der Waals surface area (Å²) in [5.74, 6) is 0.259. The lowest BCUT2D eigenvalue weighted by atomic mass is 10.2. The van der Waals surface area contributed by atoms with E-state index in [0.29, 0.717) is 16.0 Å². The fourth-order valence-corrected chi connectivity index (χ4v) is 5.84. The van der Waals surface area contributed by atoms with Crippen LogP contribution in [-0.2, 0) is 16.6 Å². The maximum absolute atomic E-state index is 12.8. The number of fused-ring (bicyclic) bond motifs is 1. The van der Waals surface area contributed by atoms with E-state index in [4.69, 9.17) is 0 Å². The van der Waals surface area contributed by atoms with E-state index in [2.05, 4.69) is 4.99 Å². The zero-order chi connectivity index (χ0) is 24.3. The fourth-order valence-electron chi connectivity index (χ4n) is 3.02. The first kappa shape index (κ1) is 25.1. The molecule has 9 nitrogen and oxygen atoms in total. The molecule has 0 saturated heterocycles. The quantitative estimate of drug-likeness (QED) is 0.338. The number of carbonyl (C=O) groups is 1. The summed E-state index contributed by atoms with van der Waals surface area (Å²) in [7, 11) is -2.15. The third-order valence-electron chi connectivity index (χ3n) is 5.10. The molecule has 2 aromatic carbocycles. The summed E-state index contributed by atoms with van der Waals surface area (Å²) in [6.07, 6.45) is 1.97. The number of benzene rings is 2. The van der Waals surface area contributed by atoms with Crippen LogP contribution in [0.1, 0.15) is 24.2 Å². The maximum Gasteiger partial charge on any atom is 0.279 e. The molecule has 3 rings (SSSR count). The Kier molecular flexibility index (Phi) is 7.73. The second-order valence-electron chi connectivity index (χ2n) is 7.49. The number of aromatic nitrogens is 1. The lowest BCUT2D eigenvalue weighted by Crippen LogP contribution is -2.33. The molecule has 0 aliphatic rings. The molecule has 0 spiro atoms. The number of aryl methyl sites for hydroxylation is 1. The summed E-state index contributed by atoms with van der Waals surface area (Å²) < 4.78 is 29.1. The van der Waals surface area contributed by atoms with Crippen molar-refractivity contribution in [3.63, 3.8) is 0 Å². The summed E-state index contributed by atoms with van der Waals surface area (Å²) in [6.45, 7) is 4.14.